The van der Waals surface area contributed by atoms with Gasteiger partial charge in [0, 0.05) is 17.9 Å². The zero-order chi connectivity index (χ0) is 16.2. The van der Waals surface area contributed by atoms with Crippen LogP contribution in [0.1, 0.15) is 19.3 Å². The predicted octanol–water partition coefficient (Wildman–Crippen LogP) is 5.78. The first-order valence-electron chi connectivity index (χ1n) is 8.18. The summed E-state index contributed by atoms with van der Waals surface area (Å²) in [6, 6.07) is 0. The predicted molar refractivity (Wildman–Crippen MR) is 102 cm³/mol. The molecular formula is C22H25N. The smallest absolute Gasteiger partial charge is 0.0414 e. The van der Waals surface area contributed by atoms with Crippen molar-refractivity contribution in [2.45, 2.75) is 19.3 Å². The molecule has 0 saturated heterocycles. The van der Waals surface area contributed by atoms with Gasteiger partial charge in [-0.15, -0.1) is 6.58 Å². The molecule has 0 spiro atoms. The van der Waals surface area contributed by atoms with Crippen molar-refractivity contribution in [2.75, 3.05) is 6.54 Å². The van der Waals surface area contributed by atoms with E-state index in [1.54, 1.807) is 0 Å². The standard InChI is InChI=1S/C22H25N/c1-2-3-4-5-10-15-20-23(21-16-11-6-7-12-17-21)22-18-13-8-9-14-19-22/h2,4-11,13,15-19H,1,3,12,14,20H2/b5-4-,15-10-. The van der Waals surface area contributed by atoms with Crippen molar-refractivity contribution in [1.82, 2.24) is 4.90 Å². The minimum absolute atomic E-state index is 0.852. The minimum atomic E-state index is 0.852. The van der Waals surface area contributed by atoms with Crippen molar-refractivity contribution in [3.05, 3.63) is 109 Å². The third-order valence-corrected chi connectivity index (χ3v) is 3.55. The highest BCUT2D eigenvalue weighted by Gasteiger charge is 2.10. The van der Waals surface area contributed by atoms with Crippen molar-refractivity contribution in [3.8, 4) is 0 Å². The lowest BCUT2D eigenvalue weighted by Gasteiger charge is -2.25. The lowest BCUT2D eigenvalue weighted by atomic mass is 10.2. The molecule has 1 heteroatoms. The Bertz CT molecular complexity index is 578. The Morgan fingerprint density at radius 1 is 0.870 bits per heavy atom. The molecule has 0 fully saturated rings. The van der Waals surface area contributed by atoms with Crippen LogP contribution in [0, 0.1) is 0 Å². The summed E-state index contributed by atoms with van der Waals surface area (Å²) >= 11 is 0. The molecule has 0 aromatic carbocycles. The molecule has 23 heavy (non-hydrogen) atoms. The summed E-state index contributed by atoms with van der Waals surface area (Å²) < 4.78 is 0. The lowest BCUT2D eigenvalue weighted by molar-refractivity contribution is 0.499. The molecule has 0 heterocycles. The molecule has 0 unspecified atom stereocenters. The molecule has 0 aliphatic heterocycles. The molecule has 0 radical (unpaired) electrons. The largest absolute Gasteiger partial charge is 0.338 e. The molecule has 2 aliphatic rings. The molecule has 2 aliphatic carbocycles. The second-order valence-corrected chi connectivity index (χ2v) is 5.30. The normalized spacial score (nSPS) is 17.2. The number of allylic oxidation sites excluding steroid dienone is 14. The van der Waals surface area contributed by atoms with Crippen LogP contribution in [0.5, 0.6) is 0 Å². The Labute approximate surface area is 140 Å². The van der Waals surface area contributed by atoms with Crippen molar-refractivity contribution in [3.63, 3.8) is 0 Å². The highest BCUT2D eigenvalue weighted by atomic mass is 15.1. The molecule has 0 bridgehead atoms. The van der Waals surface area contributed by atoms with Gasteiger partial charge in [0.25, 0.3) is 0 Å². The van der Waals surface area contributed by atoms with Crippen LogP contribution in [-0.2, 0) is 0 Å². The van der Waals surface area contributed by atoms with Gasteiger partial charge >= 0.3 is 0 Å². The van der Waals surface area contributed by atoms with Gasteiger partial charge in [0.1, 0.15) is 0 Å². The number of rotatable bonds is 7. The second kappa shape index (κ2) is 10.2. The summed E-state index contributed by atoms with van der Waals surface area (Å²) in [4.78, 5) is 2.35. The Balaban J connectivity index is 2.13. The van der Waals surface area contributed by atoms with Crippen molar-refractivity contribution in [2.24, 2.45) is 0 Å². The van der Waals surface area contributed by atoms with Gasteiger partial charge in [-0.05, 0) is 31.4 Å². The van der Waals surface area contributed by atoms with Crippen molar-refractivity contribution >= 4 is 0 Å². The Morgan fingerprint density at radius 3 is 2.09 bits per heavy atom. The number of hydrogen-bond donors (Lipinski definition) is 0. The monoisotopic (exact) mass is 303 g/mol. The topological polar surface area (TPSA) is 3.24 Å². The van der Waals surface area contributed by atoms with E-state index in [4.69, 9.17) is 0 Å². The molecule has 1 nitrogen and oxygen atoms in total. The van der Waals surface area contributed by atoms with Crippen LogP contribution < -0.4 is 0 Å². The van der Waals surface area contributed by atoms with Crippen LogP contribution in [0.15, 0.2) is 109 Å². The van der Waals surface area contributed by atoms with Gasteiger partial charge in [-0.1, -0.05) is 79.0 Å². The summed E-state index contributed by atoms with van der Waals surface area (Å²) in [5, 5.41) is 0. The Hall–Kier alpha value is -2.54. The fraction of sp³-hybridized carbons (Fsp3) is 0.182. The summed E-state index contributed by atoms with van der Waals surface area (Å²) in [6.07, 6.45) is 34.9. The van der Waals surface area contributed by atoms with Crippen LogP contribution in [0.4, 0.5) is 0 Å². The zero-order valence-electron chi connectivity index (χ0n) is 13.6. The van der Waals surface area contributed by atoms with E-state index in [1.807, 2.05) is 6.08 Å². The molecule has 0 saturated carbocycles. The van der Waals surface area contributed by atoms with Crippen LogP contribution in [-0.4, -0.2) is 11.4 Å². The molecule has 0 N–H and O–H groups in total. The second-order valence-electron chi connectivity index (χ2n) is 5.30. The summed E-state index contributed by atoms with van der Waals surface area (Å²) in [5.74, 6) is 0. The fourth-order valence-electron chi connectivity index (χ4n) is 2.39. The van der Waals surface area contributed by atoms with E-state index in [2.05, 4.69) is 96.5 Å². The Kier molecular flexibility index (Phi) is 7.48. The molecule has 118 valence electrons. The molecule has 0 aromatic heterocycles. The van der Waals surface area contributed by atoms with Crippen LogP contribution in [0.2, 0.25) is 0 Å². The average molecular weight is 303 g/mol. The zero-order valence-corrected chi connectivity index (χ0v) is 13.6. The van der Waals surface area contributed by atoms with Crippen molar-refractivity contribution < 1.29 is 0 Å². The SMILES string of the molecule is C=CC/C=C\C=C/CN(C1=CCC=CC=C1)C1=CCC=CC=C1. The first-order chi connectivity index (χ1) is 11.4. The van der Waals surface area contributed by atoms with E-state index < -0.39 is 0 Å². The van der Waals surface area contributed by atoms with E-state index >= 15 is 0 Å². The third kappa shape index (κ3) is 5.99. The molecule has 0 amide bonds. The van der Waals surface area contributed by atoms with Gasteiger partial charge in [-0.2, -0.15) is 0 Å². The van der Waals surface area contributed by atoms with E-state index in [-0.39, 0.29) is 0 Å². The Morgan fingerprint density at radius 2 is 1.48 bits per heavy atom. The van der Waals surface area contributed by atoms with Gasteiger partial charge in [-0.25, -0.2) is 0 Å². The minimum Gasteiger partial charge on any atom is -0.338 e. The highest BCUT2D eigenvalue weighted by molar-refractivity contribution is 5.35. The average Bonchev–Trinajstić information content (AvgIpc) is 2.99. The van der Waals surface area contributed by atoms with E-state index in [0.29, 0.717) is 0 Å². The maximum absolute atomic E-state index is 3.72. The summed E-state index contributed by atoms with van der Waals surface area (Å²) in [7, 11) is 0. The third-order valence-electron chi connectivity index (χ3n) is 3.55. The molecule has 0 atom stereocenters. The van der Waals surface area contributed by atoms with E-state index in [0.717, 1.165) is 25.8 Å². The number of hydrogen-bond acceptors (Lipinski definition) is 1. The van der Waals surface area contributed by atoms with Gasteiger partial charge in [-0.3, -0.25) is 0 Å². The quantitative estimate of drug-likeness (QED) is 0.426. The van der Waals surface area contributed by atoms with Crippen molar-refractivity contribution in [1.29, 1.82) is 0 Å². The van der Waals surface area contributed by atoms with Crippen LogP contribution in [0.3, 0.4) is 0 Å². The molecule has 2 rings (SSSR count). The summed E-state index contributed by atoms with van der Waals surface area (Å²) in [5.41, 5.74) is 2.49. The van der Waals surface area contributed by atoms with E-state index in [9.17, 15) is 0 Å². The summed E-state index contributed by atoms with van der Waals surface area (Å²) in [6.45, 7) is 4.57. The maximum Gasteiger partial charge on any atom is 0.0414 e. The van der Waals surface area contributed by atoms with Gasteiger partial charge in [0.2, 0.25) is 0 Å². The van der Waals surface area contributed by atoms with Gasteiger partial charge < -0.3 is 4.90 Å². The van der Waals surface area contributed by atoms with Crippen LogP contribution >= 0.6 is 0 Å². The highest BCUT2D eigenvalue weighted by Crippen LogP contribution is 2.20. The van der Waals surface area contributed by atoms with E-state index in [1.165, 1.54) is 11.4 Å². The first-order valence-corrected chi connectivity index (χ1v) is 8.18. The first kappa shape index (κ1) is 16.8. The van der Waals surface area contributed by atoms with Gasteiger partial charge in [0.15, 0.2) is 0 Å². The van der Waals surface area contributed by atoms with Gasteiger partial charge in [0.05, 0.1) is 0 Å². The lowest BCUT2D eigenvalue weighted by Crippen LogP contribution is -2.21. The number of nitrogens with zero attached hydrogens (tertiary/aromatic N) is 1. The molecular weight excluding hydrogens is 278 g/mol. The maximum atomic E-state index is 3.72. The fourth-order valence-corrected chi connectivity index (χ4v) is 2.39. The van der Waals surface area contributed by atoms with Crippen LogP contribution in [0.25, 0.3) is 0 Å². The molecule has 0 aromatic rings.